The second kappa shape index (κ2) is 7.31. The van der Waals surface area contributed by atoms with Gasteiger partial charge in [-0.05, 0) is 25.7 Å². The zero-order valence-electron chi connectivity index (χ0n) is 15.3. The van der Waals surface area contributed by atoms with Crippen molar-refractivity contribution in [2.45, 2.75) is 37.5 Å². The third-order valence-electron chi connectivity index (χ3n) is 5.28. The number of piperidine rings is 1. The van der Waals surface area contributed by atoms with E-state index in [0.717, 1.165) is 35.1 Å². The summed E-state index contributed by atoms with van der Waals surface area (Å²) >= 11 is 1.49. The van der Waals surface area contributed by atoms with Crippen molar-refractivity contribution in [2.75, 3.05) is 18.4 Å². The number of urea groups is 1. The van der Waals surface area contributed by atoms with E-state index < -0.39 is 0 Å². The first-order chi connectivity index (χ1) is 13.8. The molecule has 0 radical (unpaired) electrons. The first-order valence-electron chi connectivity index (χ1n) is 9.63. The summed E-state index contributed by atoms with van der Waals surface area (Å²) in [5.74, 6) is 2.47. The van der Waals surface area contributed by atoms with Crippen molar-refractivity contribution >= 4 is 22.5 Å². The topological polar surface area (TPSA) is 99.7 Å². The van der Waals surface area contributed by atoms with Gasteiger partial charge in [-0.3, -0.25) is 10.4 Å². The molecule has 0 unspecified atom stereocenters. The second-order valence-corrected chi connectivity index (χ2v) is 8.33. The number of aromatic nitrogens is 5. The minimum absolute atomic E-state index is 0.0977. The van der Waals surface area contributed by atoms with Gasteiger partial charge in [0.1, 0.15) is 10.8 Å². The van der Waals surface area contributed by atoms with Crippen molar-refractivity contribution in [1.82, 2.24) is 30.3 Å². The number of amides is 2. The largest absolute Gasteiger partial charge is 0.324 e. The molecule has 0 atom stereocenters. The molecule has 9 heteroatoms. The molecule has 1 saturated carbocycles. The molecule has 1 aliphatic heterocycles. The van der Waals surface area contributed by atoms with Gasteiger partial charge in [0, 0.05) is 30.5 Å². The molecule has 1 aliphatic carbocycles. The Morgan fingerprint density at radius 1 is 1.07 bits per heavy atom. The third-order valence-corrected chi connectivity index (χ3v) is 6.29. The van der Waals surface area contributed by atoms with Crippen molar-refractivity contribution in [2.24, 2.45) is 0 Å². The number of H-pyrrole nitrogens is 1. The fraction of sp³-hybridized carbons (Fsp3) is 0.421. The van der Waals surface area contributed by atoms with E-state index in [9.17, 15) is 4.79 Å². The van der Waals surface area contributed by atoms with E-state index in [1.165, 1.54) is 24.2 Å². The molecule has 8 nitrogen and oxygen atoms in total. The number of hydrogen-bond acceptors (Lipinski definition) is 6. The molecule has 2 aliphatic rings. The van der Waals surface area contributed by atoms with E-state index in [-0.39, 0.29) is 11.9 Å². The summed E-state index contributed by atoms with van der Waals surface area (Å²) in [6.07, 6.45) is 4.09. The maximum absolute atomic E-state index is 12.5. The zero-order valence-corrected chi connectivity index (χ0v) is 16.2. The Bertz CT molecular complexity index is 958. The van der Waals surface area contributed by atoms with Crippen LogP contribution in [0.15, 0.2) is 30.3 Å². The van der Waals surface area contributed by atoms with E-state index in [0.29, 0.717) is 24.1 Å². The predicted octanol–water partition coefficient (Wildman–Crippen LogP) is 3.61. The molecule has 3 aromatic rings. The van der Waals surface area contributed by atoms with Crippen LogP contribution in [-0.2, 0) is 0 Å². The average molecular weight is 395 g/mol. The first-order valence-corrected chi connectivity index (χ1v) is 10.4. The summed E-state index contributed by atoms with van der Waals surface area (Å²) in [5.41, 5.74) is 1.00. The number of benzene rings is 1. The number of nitrogens with zero attached hydrogens (tertiary/aromatic N) is 5. The Hall–Kier alpha value is -2.81. The van der Waals surface area contributed by atoms with Crippen LogP contribution < -0.4 is 5.32 Å². The van der Waals surface area contributed by atoms with Crippen LogP contribution in [0.4, 0.5) is 9.93 Å². The van der Waals surface area contributed by atoms with Crippen LogP contribution in [0.1, 0.15) is 48.4 Å². The van der Waals surface area contributed by atoms with Crippen molar-refractivity contribution in [1.29, 1.82) is 0 Å². The Labute approximate surface area is 166 Å². The molecule has 5 rings (SSSR count). The van der Waals surface area contributed by atoms with Crippen molar-refractivity contribution in [3.63, 3.8) is 0 Å². The molecule has 144 valence electrons. The van der Waals surface area contributed by atoms with Crippen LogP contribution in [-0.4, -0.2) is 49.4 Å². The van der Waals surface area contributed by atoms with Crippen LogP contribution >= 0.6 is 11.3 Å². The Morgan fingerprint density at radius 2 is 1.86 bits per heavy atom. The van der Waals surface area contributed by atoms with Gasteiger partial charge in [0.2, 0.25) is 5.13 Å². The number of anilines is 1. The molecular weight excluding hydrogens is 374 g/mol. The van der Waals surface area contributed by atoms with Crippen LogP contribution in [0.5, 0.6) is 0 Å². The van der Waals surface area contributed by atoms with Gasteiger partial charge >= 0.3 is 6.03 Å². The fourth-order valence-electron chi connectivity index (χ4n) is 3.48. The third kappa shape index (κ3) is 3.62. The van der Waals surface area contributed by atoms with Gasteiger partial charge in [0.05, 0.1) is 0 Å². The molecule has 0 spiro atoms. The average Bonchev–Trinajstić information content (AvgIpc) is 3.28. The maximum atomic E-state index is 12.5. The highest BCUT2D eigenvalue weighted by atomic mass is 32.1. The van der Waals surface area contributed by atoms with Crippen LogP contribution in [0, 0.1) is 0 Å². The Kier molecular flexibility index (Phi) is 4.52. The number of likely N-dealkylation sites (tertiary alicyclic amines) is 1. The Morgan fingerprint density at radius 3 is 2.61 bits per heavy atom. The molecule has 2 fully saturated rings. The molecule has 2 aromatic heterocycles. The highest BCUT2D eigenvalue weighted by molar-refractivity contribution is 7.15. The summed E-state index contributed by atoms with van der Waals surface area (Å²) in [5, 5.41) is 20.2. The summed E-state index contributed by atoms with van der Waals surface area (Å²) in [4.78, 5) is 19.0. The van der Waals surface area contributed by atoms with Crippen LogP contribution in [0.25, 0.3) is 11.4 Å². The zero-order chi connectivity index (χ0) is 18.9. The van der Waals surface area contributed by atoms with Gasteiger partial charge < -0.3 is 4.90 Å². The standard InChI is InChI=1S/C19H21N7OS/c27-19(21-18-25-24-17(28-18)14-6-7-14)26-10-8-13(9-11-26)16-20-15(22-23-16)12-4-2-1-3-5-12/h1-5,13-14H,6-11H2,(H,20,22,23)(H,21,25,27). The lowest BCUT2D eigenvalue weighted by Crippen LogP contribution is -2.40. The van der Waals surface area contributed by atoms with Crippen molar-refractivity contribution in [3.05, 3.63) is 41.2 Å². The van der Waals surface area contributed by atoms with Crippen LogP contribution in [0.3, 0.4) is 0 Å². The van der Waals surface area contributed by atoms with E-state index in [2.05, 4.69) is 30.7 Å². The van der Waals surface area contributed by atoms with Crippen molar-refractivity contribution < 1.29 is 4.79 Å². The van der Waals surface area contributed by atoms with E-state index in [1.54, 1.807) is 0 Å². The predicted molar refractivity (Wildman–Crippen MR) is 106 cm³/mol. The number of rotatable bonds is 4. The molecule has 0 bridgehead atoms. The fourth-order valence-corrected chi connectivity index (χ4v) is 4.38. The quantitative estimate of drug-likeness (QED) is 0.703. The lowest BCUT2D eigenvalue weighted by molar-refractivity contribution is 0.193. The van der Waals surface area contributed by atoms with Crippen molar-refractivity contribution in [3.8, 4) is 11.4 Å². The normalized spacial score (nSPS) is 17.6. The molecule has 2 amide bonds. The van der Waals surface area contributed by atoms with Gasteiger partial charge in [-0.15, -0.1) is 10.2 Å². The molecule has 3 heterocycles. The van der Waals surface area contributed by atoms with E-state index in [1.807, 2.05) is 35.2 Å². The molecular formula is C19H21N7OS. The lowest BCUT2D eigenvalue weighted by atomic mass is 9.96. The number of nitrogens with one attached hydrogen (secondary N) is 2. The smallest absolute Gasteiger partial charge is 0.323 e. The summed E-state index contributed by atoms with van der Waals surface area (Å²) in [6, 6.07) is 9.85. The number of carbonyl (C=O) groups excluding carboxylic acids is 1. The minimum atomic E-state index is -0.0977. The monoisotopic (exact) mass is 395 g/mol. The lowest BCUT2D eigenvalue weighted by Gasteiger charge is -2.30. The molecule has 1 saturated heterocycles. The van der Waals surface area contributed by atoms with Gasteiger partial charge in [-0.1, -0.05) is 41.7 Å². The van der Waals surface area contributed by atoms with Gasteiger partial charge in [-0.2, -0.15) is 5.10 Å². The van der Waals surface area contributed by atoms with Gasteiger partial charge in [0.25, 0.3) is 0 Å². The van der Waals surface area contributed by atoms with Gasteiger partial charge in [-0.25, -0.2) is 9.78 Å². The van der Waals surface area contributed by atoms with Crippen LogP contribution in [0.2, 0.25) is 0 Å². The number of aromatic amines is 1. The summed E-state index contributed by atoms with van der Waals surface area (Å²) in [7, 11) is 0. The SMILES string of the molecule is O=C(Nc1nnc(C2CC2)s1)N1CCC(c2nc(-c3ccccc3)n[nH]2)CC1. The second-order valence-electron chi connectivity index (χ2n) is 7.32. The highest BCUT2D eigenvalue weighted by Crippen LogP contribution is 2.42. The van der Waals surface area contributed by atoms with E-state index >= 15 is 0 Å². The summed E-state index contributed by atoms with van der Waals surface area (Å²) < 4.78 is 0. The van der Waals surface area contributed by atoms with E-state index in [4.69, 9.17) is 0 Å². The van der Waals surface area contributed by atoms with Gasteiger partial charge in [0.15, 0.2) is 5.82 Å². The first kappa shape index (κ1) is 17.3. The highest BCUT2D eigenvalue weighted by Gasteiger charge is 2.29. The maximum Gasteiger partial charge on any atom is 0.323 e. The number of hydrogen-bond donors (Lipinski definition) is 2. The molecule has 28 heavy (non-hydrogen) atoms. The molecule has 1 aromatic carbocycles. The summed E-state index contributed by atoms with van der Waals surface area (Å²) in [6.45, 7) is 1.37. The Balaban J connectivity index is 1.17. The minimum Gasteiger partial charge on any atom is -0.324 e. The number of carbonyl (C=O) groups is 1. The molecule has 2 N–H and O–H groups in total.